The maximum atomic E-state index is 13.4. The topological polar surface area (TPSA) is 32.8 Å². The fraction of sp³-hybridized carbons (Fsp3) is 0.950. The summed E-state index contributed by atoms with van der Waals surface area (Å²) in [6, 6.07) is 1.22. The Kier molecular flexibility index (Phi) is 4.88. The lowest BCUT2D eigenvalue weighted by atomic mass is 9.66. The molecule has 0 radical (unpaired) electrons. The normalized spacial score (nSPS) is 43.8. The van der Waals surface area contributed by atoms with Gasteiger partial charge in [0.25, 0.3) is 0 Å². The van der Waals surface area contributed by atoms with Crippen LogP contribution in [0.4, 0.5) is 0 Å². The SMILES string of the molecule is CC1CCC([C@H]2C[C@H]3CCC(C2C(=O)N2CCOCC2)N3C)CC1. The molecule has 3 heterocycles. The van der Waals surface area contributed by atoms with Crippen LogP contribution >= 0.6 is 0 Å². The largest absolute Gasteiger partial charge is 0.378 e. The average molecular weight is 335 g/mol. The van der Waals surface area contributed by atoms with Crippen molar-refractivity contribution in [1.82, 2.24) is 9.80 Å². The van der Waals surface area contributed by atoms with Crippen molar-refractivity contribution < 1.29 is 9.53 Å². The van der Waals surface area contributed by atoms with Gasteiger partial charge in [-0.2, -0.15) is 0 Å². The zero-order valence-corrected chi connectivity index (χ0v) is 15.5. The molecule has 2 bridgehead atoms. The summed E-state index contributed by atoms with van der Waals surface area (Å²) in [7, 11) is 2.26. The van der Waals surface area contributed by atoms with Gasteiger partial charge in [0.05, 0.1) is 19.1 Å². The summed E-state index contributed by atoms with van der Waals surface area (Å²) < 4.78 is 5.47. The van der Waals surface area contributed by atoms with Gasteiger partial charge in [-0.3, -0.25) is 9.69 Å². The Balaban J connectivity index is 1.55. The van der Waals surface area contributed by atoms with Gasteiger partial charge in [0, 0.05) is 25.2 Å². The fourth-order valence-electron chi connectivity index (χ4n) is 6.05. The maximum Gasteiger partial charge on any atom is 0.227 e. The van der Waals surface area contributed by atoms with E-state index in [2.05, 4.69) is 23.8 Å². The van der Waals surface area contributed by atoms with Gasteiger partial charge >= 0.3 is 0 Å². The number of hydrogen-bond donors (Lipinski definition) is 0. The van der Waals surface area contributed by atoms with E-state index in [9.17, 15) is 4.79 Å². The Morgan fingerprint density at radius 3 is 2.42 bits per heavy atom. The molecule has 4 aliphatic rings. The van der Waals surface area contributed by atoms with Crippen molar-refractivity contribution in [2.24, 2.45) is 23.7 Å². The molecule has 0 N–H and O–H groups in total. The van der Waals surface area contributed by atoms with E-state index in [1.807, 2.05) is 0 Å². The Hall–Kier alpha value is -0.610. The van der Waals surface area contributed by atoms with Crippen LogP contribution in [0, 0.1) is 23.7 Å². The molecule has 0 aromatic carbocycles. The average Bonchev–Trinajstić information content (AvgIpc) is 2.85. The van der Waals surface area contributed by atoms with E-state index in [0.717, 1.165) is 31.0 Å². The van der Waals surface area contributed by atoms with Gasteiger partial charge in [-0.05, 0) is 56.9 Å². The summed E-state index contributed by atoms with van der Waals surface area (Å²) in [6.45, 7) is 5.42. The molecule has 24 heavy (non-hydrogen) atoms. The van der Waals surface area contributed by atoms with Crippen molar-refractivity contribution in [2.75, 3.05) is 33.4 Å². The minimum Gasteiger partial charge on any atom is -0.378 e. The van der Waals surface area contributed by atoms with Gasteiger partial charge in [0.15, 0.2) is 0 Å². The molecule has 136 valence electrons. The first-order valence-electron chi connectivity index (χ1n) is 10.2. The van der Waals surface area contributed by atoms with Gasteiger partial charge in [-0.1, -0.05) is 19.8 Å². The number of carbonyl (C=O) groups is 1. The molecule has 0 spiro atoms. The Morgan fingerprint density at radius 2 is 1.71 bits per heavy atom. The molecule has 0 aromatic rings. The molecule has 4 fully saturated rings. The smallest absolute Gasteiger partial charge is 0.227 e. The standard InChI is InChI=1S/C20H34N2O2/c1-14-3-5-15(6-4-14)17-13-16-7-8-18(21(16)2)19(17)20(23)22-9-11-24-12-10-22/h14-19H,3-13H2,1-2H3/t14?,15?,16-,17-,18?,19?/m1/s1. The predicted octanol–water partition coefficient (Wildman–Crippen LogP) is 2.77. The van der Waals surface area contributed by atoms with E-state index >= 15 is 0 Å². The van der Waals surface area contributed by atoms with Gasteiger partial charge in [0.1, 0.15) is 0 Å². The number of amides is 1. The highest BCUT2D eigenvalue weighted by atomic mass is 16.5. The molecule has 4 atom stereocenters. The van der Waals surface area contributed by atoms with Crippen molar-refractivity contribution in [3.05, 3.63) is 0 Å². The minimum atomic E-state index is 0.241. The van der Waals surface area contributed by atoms with Crippen molar-refractivity contribution in [1.29, 1.82) is 0 Å². The number of morpholine rings is 1. The van der Waals surface area contributed by atoms with Gasteiger partial charge in [-0.25, -0.2) is 0 Å². The first-order chi connectivity index (χ1) is 11.6. The van der Waals surface area contributed by atoms with Crippen LogP contribution < -0.4 is 0 Å². The lowest BCUT2D eigenvalue weighted by Crippen LogP contribution is -2.56. The van der Waals surface area contributed by atoms with E-state index in [1.165, 1.54) is 44.9 Å². The zero-order chi connectivity index (χ0) is 16.7. The molecular formula is C20H34N2O2. The Labute approximate surface area is 146 Å². The second-order valence-electron chi connectivity index (χ2n) is 8.85. The van der Waals surface area contributed by atoms with Gasteiger partial charge < -0.3 is 9.64 Å². The van der Waals surface area contributed by atoms with Crippen LogP contribution in [0.25, 0.3) is 0 Å². The molecule has 0 aromatic heterocycles. The van der Waals surface area contributed by atoms with Crippen LogP contribution in [-0.4, -0.2) is 61.1 Å². The van der Waals surface area contributed by atoms with E-state index < -0.39 is 0 Å². The number of fused-ring (bicyclic) bond motifs is 2. The summed E-state index contributed by atoms with van der Waals surface area (Å²) in [4.78, 5) is 18.1. The summed E-state index contributed by atoms with van der Waals surface area (Å²) in [6.07, 6.45) is 9.21. The highest BCUT2D eigenvalue weighted by molar-refractivity contribution is 5.80. The number of carbonyl (C=O) groups excluding carboxylic acids is 1. The quantitative estimate of drug-likeness (QED) is 0.778. The second kappa shape index (κ2) is 6.95. The van der Waals surface area contributed by atoms with Crippen LogP contribution in [0.5, 0.6) is 0 Å². The van der Waals surface area contributed by atoms with Crippen molar-refractivity contribution in [3.63, 3.8) is 0 Å². The van der Waals surface area contributed by atoms with Crippen molar-refractivity contribution in [2.45, 2.75) is 64.0 Å². The van der Waals surface area contributed by atoms with Crippen LogP contribution in [0.3, 0.4) is 0 Å². The number of nitrogens with zero attached hydrogens (tertiary/aromatic N) is 2. The predicted molar refractivity (Wildman–Crippen MR) is 94.7 cm³/mol. The molecule has 3 aliphatic heterocycles. The lowest BCUT2D eigenvalue weighted by Gasteiger charge is -2.48. The number of hydrogen-bond acceptors (Lipinski definition) is 3. The highest BCUT2D eigenvalue weighted by Crippen LogP contribution is 2.48. The monoisotopic (exact) mass is 334 g/mol. The van der Waals surface area contributed by atoms with Crippen LogP contribution in [0.1, 0.15) is 51.9 Å². The molecule has 4 nitrogen and oxygen atoms in total. The molecule has 4 rings (SSSR count). The zero-order valence-electron chi connectivity index (χ0n) is 15.5. The lowest BCUT2D eigenvalue weighted by molar-refractivity contribution is -0.148. The van der Waals surface area contributed by atoms with E-state index in [0.29, 0.717) is 31.1 Å². The molecule has 1 saturated carbocycles. The van der Waals surface area contributed by atoms with E-state index in [-0.39, 0.29) is 5.92 Å². The van der Waals surface area contributed by atoms with Crippen LogP contribution in [-0.2, 0) is 9.53 Å². The third-order valence-corrected chi connectivity index (χ3v) is 7.59. The van der Waals surface area contributed by atoms with Crippen molar-refractivity contribution in [3.8, 4) is 0 Å². The Morgan fingerprint density at radius 1 is 1.00 bits per heavy atom. The Bertz CT molecular complexity index is 455. The summed E-state index contributed by atoms with van der Waals surface area (Å²) in [5, 5.41) is 0. The molecule has 1 amide bonds. The van der Waals surface area contributed by atoms with Crippen molar-refractivity contribution >= 4 is 5.91 Å². The fourth-order valence-corrected chi connectivity index (χ4v) is 6.05. The van der Waals surface area contributed by atoms with Gasteiger partial charge in [-0.15, -0.1) is 0 Å². The number of piperidine rings is 1. The highest BCUT2D eigenvalue weighted by Gasteiger charge is 2.51. The molecule has 2 unspecified atom stereocenters. The number of rotatable bonds is 2. The number of ether oxygens (including phenoxy) is 1. The van der Waals surface area contributed by atoms with Gasteiger partial charge in [0.2, 0.25) is 5.91 Å². The third-order valence-electron chi connectivity index (χ3n) is 7.59. The first-order valence-corrected chi connectivity index (χ1v) is 10.2. The summed E-state index contributed by atoms with van der Waals surface area (Å²) in [5.41, 5.74) is 0. The van der Waals surface area contributed by atoms with Crippen LogP contribution in [0.15, 0.2) is 0 Å². The molecule has 3 saturated heterocycles. The summed E-state index contributed by atoms with van der Waals surface area (Å²) >= 11 is 0. The van der Waals surface area contributed by atoms with E-state index in [4.69, 9.17) is 4.74 Å². The third kappa shape index (κ3) is 3.01. The molecule has 4 heteroatoms. The first kappa shape index (κ1) is 16.8. The molecular weight excluding hydrogens is 300 g/mol. The molecule has 1 aliphatic carbocycles. The van der Waals surface area contributed by atoms with E-state index in [1.54, 1.807) is 0 Å². The maximum absolute atomic E-state index is 13.4. The second-order valence-corrected chi connectivity index (χ2v) is 8.85. The van der Waals surface area contributed by atoms with Crippen LogP contribution in [0.2, 0.25) is 0 Å². The summed E-state index contributed by atoms with van der Waals surface area (Å²) in [5.74, 6) is 2.98. The minimum absolute atomic E-state index is 0.241.